The van der Waals surface area contributed by atoms with Crippen LogP contribution >= 0.6 is 0 Å². The molecule has 0 atom stereocenters. The molecule has 0 saturated carbocycles. The normalized spacial score (nSPS) is 10.2. The van der Waals surface area contributed by atoms with E-state index >= 15 is 0 Å². The molecule has 0 aromatic heterocycles. The highest BCUT2D eigenvalue weighted by atomic mass is 16.5. The number of nitrogens with one attached hydrogen (secondary N) is 1. The summed E-state index contributed by atoms with van der Waals surface area (Å²) in [5, 5.41) is 2.75. The minimum absolute atomic E-state index is 0.0836. The van der Waals surface area contributed by atoms with Crippen molar-refractivity contribution in [3.05, 3.63) is 78.9 Å². The van der Waals surface area contributed by atoms with Crippen molar-refractivity contribution in [2.24, 2.45) is 0 Å². The van der Waals surface area contributed by atoms with Gasteiger partial charge in [0.15, 0.2) is 6.61 Å². The molecule has 0 aliphatic rings. The van der Waals surface area contributed by atoms with Gasteiger partial charge in [-0.3, -0.25) is 9.59 Å². The Labute approximate surface area is 176 Å². The number of likely N-dealkylation sites (N-methyl/N-ethyl adjacent to an activating group) is 1. The molecule has 3 rings (SSSR count). The Bertz CT molecular complexity index is 1000. The summed E-state index contributed by atoms with van der Waals surface area (Å²) in [7, 11) is 3.13. The van der Waals surface area contributed by atoms with Crippen molar-refractivity contribution in [3.8, 4) is 22.6 Å². The zero-order valence-electron chi connectivity index (χ0n) is 17.0. The largest absolute Gasteiger partial charge is 0.497 e. The number of hydrogen-bond acceptors (Lipinski definition) is 4. The fourth-order valence-electron chi connectivity index (χ4n) is 2.90. The average Bonchev–Trinajstić information content (AvgIpc) is 2.78. The fourth-order valence-corrected chi connectivity index (χ4v) is 2.90. The monoisotopic (exact) mass is 404 g/mol. The first-order chi connectivity index (χ1) is 14.6. The second-order valence-electron chi connectivity index (χ2n) is 6.68. The van der Waals surface area contributed by atoms with Crippen LogP contribution in [0.4, 0.5) is 5.69 Å². The molecule has 0 aliphatic heterocycles. The molecule has 1 N–H and O–H groups in total. The number of rotatable bonds is 8. The van der Waals surface area contributed by atoms with Crippen LogP contribution in [0.3, 0.4) is 0 Å². The van der Waals surface area contributed by atoms with E-state index in [1.165, 1.54) is 4.90 Å². The molecule has 0 radical (unpaired) electrons. The van der Waals surface area contributed by atoms with Gasteiger partial charge in [0.1, 0.15) is 11.5 Å². The highest BCUT2D eigenvalue weighted by Gasteiger charge is 2.15. The molecule has 0 saturated heterocycles. The molecule has 0 spiro atoms. The predicted octanol–water partition coefficient (Wildman–Crippen LogP) is 3.84. The summed E-state index contributed by atoms with van der Waals surface area (Å²) in [4.78, 5) is 26.0. The Kier molecular flexibility index (Phi) is 7.05. The van der Waals surface area contributed by atoms with Crippen molar-refractivity contribution in [3.63, 3.8) is 0 Å². The molecule has 3 aromatic carbocycles. The number of para-hydroxylation sites is 1. The zero-order valence-corrected chi connectivity index (χ0v) is 17.0. The first-order valence-electron chi connectivity index (χ1n) is 9.52. The van der Waals surface area contributed by atoms with E-state index in [2.05, 4.69) is 5.32 Å². The predicted molar refractivity (Wildman–Crippen MR) is 117 cm³/mol. The number of hydrogen-bond donors (Lipinski definition) is 1. The van der Waals surface area contributed by atoms with E-state index in [1.54, 1.807) is 38.4 Å². The third kappa shape index (κ3) is 5.61. The standard InChI is InChI=1S/C24H24N2O4/c1-26(16-23(27)25-19-11-8-12-20(15-19)29-2)24(28)17-30-22-14-7-6-13-21(22)18-9-4-3-5-10-18/h3-15H,16-17H2,1-2H3,(H,25,27). The van der Waals surface area contributed by atoms with Gasteiger partial charge in [0, 0.05) is 24.4 Å². The van der Waals surface area contributed by atoms with Crippen LogP contribution in [0.15, 0.2) is 78.9 Å². The third-order valence-corrected chi connectivity index (χ3v) is 4.48. The lowest BCUT2D eigenvalue weighted by Crippen LogP contribution is -2.37. The molecule has 0 unspecified atom stereocenters. The Balaban J connectivity index is 1.56. The number of benzene rings is 3. The molecule has 3 aromatic rings. The molecule has 0 heterocycles. The van der Waals surface area contributed by atoms with Gasteiger partial charge >= 0.3 is 0 Å². The lowest BCUT2D eigenvalue weighted by atomic mass is 10.1. The molecule has 6 nitrogen and oxygen atoms in total. The number of amides is 2. The summed E-state index contributed by atoms with van der Waals surface area (Å²) in [5.74, 6) is 0.663. The van der Waals surface area contributed by atoms with Crippen LogP contribution in [-0.4, -0.2) is 44.0 Å². The SMILES string of the molecule is COc1cccc(NC(=O)CN(C)C(=O)COc2ccccc2-c2ccccc2)c1. The molecule has 0 bridgehead atoms. The van der Waals surface area contributed by atoms with Crippen molar-refractivity contribution >= 4 is 17.5 Å². The van der Waals surface area contributed by atoms with E-state index in [1.807, 2.05) is 54.6 Å². The number of anilines is 1. The summed E-state index contributed by atoms with van der Waals surface area (Å²) in [6.45, 7) is -0.244. The smallest absolute Gasteiger partial charge is 0.260 e. The van der Waals surface area contributed by atoms with Crippen molar-refractivity contribution in [2.75, 3.05) is 32.6 Å². The molecule has 2 amide bonds. The second-order valence-corrected chi connectivity index (χ2v) is 6.68. The first kappa shape index (κ1) is 20.9. The van der Waals surface area contributed by atoms with Gasteiger partial charge in [-0.15, -0.1) is 0 Å². The van der Waals surface area contributed by atoms with Gasteiger partial charge in [-0.2, -0.15) is 0 Å². The molecule has 0 fully saturated rings. The molecule has 154 valence electrons. The number of ether oxygens (including phenoxy) is 2. The summed E-state index contributed by atoms with van der Waals surface area (Å²) in [5.41, 5.74) is 2.52. The third-order valence-electron chi connectivity index (χ3n) is 4.48. The maximum absolute atomic E-state index is 12.5. The molecule has 6 heteroatoms. The Morgan fingerprint density at radius 1 is 0.933 bits per heavy atom. The van der Waals surface area contributed by atoms with Crippen molar-refractivity contribution in [1.29, 1.82) is 0 Å². The molecule has 30 heavy (non-hydrogen) atoms. The molecule has 0 aliphatic carbocycles. The van der Waals surface area contributed by atoms with Crippen LogP contribution < -0.4 is 14.8 Å². The van der Waals surface area contributed by atoms with Gasteiger partial charge in [-0.05, 0) is 23.8 Å². The van der Waals surface area contributed by atoms with Crippen LogP contribution in [0, 0.1) is 0 Å². The Hall–Kier alpha value is -3.80. The van der Waals surface area contributed by atoms with E-state index in [4.69, 9.17) is 9.47 Å². The zero-order chi connectivity index (χ0) is 21.3. The number of nitrogens with zero attached hydrogens (tertiary/aromatic N) is 1. The van der Waals surface area contributed by atoms with Crippen molar-refractivity contribution in [1.82, 2.24) is 4.90 Å². The topological polar surface area (TPSA) is 67.9 Å². The van der Waals surface area contributed by atoms with Gasteiger partial charge < -0.3 is 19.7 Å². The van der Waals surface area contributed by atoms with Gasteiger partial charge in [-0.1, -0.05) is 54.6 Å². The summed E-state index contributed by atoms with van der Waals surface area (Å²) in [6, 6.07) is 24.4. The van der Waals surface area contributed by atoms with Gasteiger partial charge in [0.05, 0.1) is 13.7 Å². The summed E-state index contributed by atoms with van der Waals surface area (Å²) in [6.07, 6.45) is 0. The Morgan fingerprint density at radius 2 is 1.67 bits per heavy atom. The fraction of sp³-hybridized carbons (Fsp3) is 0.167. The minimum Gasteiger partial charge on any atom is -0.497 e. The first-order valence-corrected chi connectivity index (χ1v) is 9.52. The van der Waals surface area contributed by atoms with Gasteiger partial charge in [0.25, 0.3) is 5.91 Å². The quantitative estimate of drug-likeness (QED) is 0.619. The minimum atomic E-state index is -0.302. The second kappa shape index (κ2) is 10.1. The lowest BCUT2D eigenvalue weighted by molar-refractivity contribution is -0.135. The molecular formula is C24H24N2O4. The van der Waals surface area contributed by atoms with Crippen LogP contribution in [0.1, 0.15) is 0 Å². The lowest BCUT2D eigenvalue weighted by Gasteiger charge is -2.18. The maximum atomic E-state index is 12.5. The average molecular weight is 404 g/mol. The van der Waals surface area contributed by atoms with E-state index in [0.29, 0.717) is 17.2 Å². The van der Waals surface area contributed by atoms with Gasteiger partial charge in [0.2, 0.25) is 5.91 Å². The van der Waals surface area contributed by atoms with Gasteiger partial charge in [-0.25, -0.2) is 0 Å². The summed E-state index contributed by atoms with van der Waals surface area (Å²) >= 11 is 0. The Morgan fingerprint density at radius 3 is 2.43 bits per heavy atom. The number of carbonyl (C=O) groups excluding carboxylic acids is 2. The highest BCUT2D eigenvalue weighted by Crippen LogP contribution is 2.29. The van der Waals surface area contributed by atoms with E-state index in [-0.39, 0.29) is 25.0 Å². The maximum Gasteiger partial charge on any atom is 0.260 e. The van der Waals surface area contributed by atoms with Crippen LogP contribution in [0.25, 0.3) is 11.1 Å². The van der Waals surface area contributed by atoms with E-state index < -0.39 is 0 Å². The van der Waals surface area contributed by atoms with Crippen LogP contribution in [0.2, 0.25) is 0 Å². The van der Waals surface area contributed by atoms with Crippen LogP contribution in [-0.2, 0) is 9.59 Å². The number of methoxy groups -OCH3 is 1. The van der Waals surface area contributed by atoms with E-state index in [9.17, 15) is 9.59 Å². The van der Waals surface area contributed by atoms with Crippen LogP contribution in [0.5, 0.6) is 11.5 Å². The van der Waals surface area contributed by atoms with Crippen molar-refractivity contribution < 1.29 is 19.1 Å². The highest BCUT2D eigenvalue weighted by molar-refractivity contribution is 5.94. The van der Waals surface area contributed by atoms with Crippen molar-refractivity contribution in [2.45, 2.75) is 0 Å². The van der Waals surface area contributed by atoms with E-state index in [0.717, 1.165) is 11.1 Å². The summed E-state index contributed by atoms with van der Waals surface area (Å²) < 4.78 is 10.9. The molecular weight excluding hydrogens is 380 g/mol. The number of carbonyl (C=O) groups is 2.